The molecule has 3 atom stereocenters. The Balaban J connectivity index is 1.62. The quantitative estimate of drug-likeness (QED) is 0.899. The zero-order valence-corrected chi connectivity index (χ0v) is 15.2. The number of rotatable bonds is 3. The largest absolute Gasteiger partial charge is 0.334 e. The second-order valence-electron chi connectivity index (χ2n) is 7.78. The fraction of sp³-hybridized carbons (Fsp3) is 0.650. The summed E-state index contributed by atoms with van der Waals surface area (Å²) in [5.41, 5.74) is 1.15. The van der Waals surface area contributed by atoms with Crippen molar-refractivity contribution in [3.8, 4) is 0 Å². The van der Waals surface area contributed by atoms with E-state index in [9.17, 15) is 4.79 Å². The minimum Gasteiger partial charge on any atom is -0.334 e. The molecule has 0 spiro atoms. The number of hydrogen-bond acceptors (Lipinski definition) is 4. The van der Waals surface area contributed by atoms with Gasteiger partial charge in [-0.05, 0) is 38.4 Å². The maximum Gasteiger partial charge on any atom is 0.245 e. The van der Waals surface area contributed by atoms with Gasteiger partial charge in [-0.2, -0.15) is 0 Å². The van der Waals surface area contributed by atoms with Crippen molar-refractivity contribution in [3.05, 3.63) is 35.9 Å². The van der Waals surface area contributed by atoms with Crippen molar-refractivity contribution in [2.24, 2.45) is 0 Å². The van der Waals surface area contributed by atoms with E-state index in [0.717, 1.165) is 57.7 Å². The van der Waals surface area contributed by atoms with Crippen molar-refractivity contribution in [1.29, 1.82) is 0 Å². The number of likely N-dealkylation sites (N-methyl/N-ethyl adjacent to an activating group) is 1. The topological polar surface area (TPSA) is 38.8 Å². The molecule has 3 aliphatic rings. The Hall–Kier alpha value is -1.43. The summed E-state index contributed by atoms with van der Waals surface area (Å²) in [7, 11) is 2.16. The number of nitrogens with one attached hydrogen (secondary N) is 1. The van der Waals surface area contributed by atoms with Gasteiger partial charge in [0.1, 0.15) is 6.04 Å². The highest BCUT2D eigenvalue weighted by Crippen LogP contribution is 2.33. The van der Waals surface area contributed by atoms with Crippen LogP contribution in [0.1, 0.15) is 30.9 Å². The predicted molar refractivity (Wildman–Crippen MR) is 99.4 cm³/mol. The van der Waals surface area contributed by atoms with Gasteiger partial charge in [-0.3, -0.25) is 9.69 Å². The molecule has 136 valence electrons. The van der Waals surface area contributed by atoms with Crippen LogP contribution in [-0.4, -0.2) is 79.0 Å². The third-order valence-corrected chi connectivity index (χ3v) is 6.16. The van der Waals surface area contributed by atoms with E-state index in [-0.39, 0.29) is 6.04 Å². The molecule has 0 radical (unpaired) electrons. The van der Waals surface area contributed by atoms with Gasteiger partial charge < -0.3 is 15.1 Å². The number of benzene rings is 1. The van der Waals surface area contributed by atoms with Gasteiger partial charge in [0, 0.05) is 44.8 Å². The summed E-state index contributed by atoms with van der Waals surface area (Å²) < 4.78 is 0. The third-order valence-electron chi connectivity index (χ3n) is 6.16. The van der Waals surface area contributed by atoms with Crippen LogP contribution in [0.15, 0.2) is 30.3 Å². The number of nitrogens with zero attached hydrogens (tertiary/aromatic N) is 3. The monoisotopic (exact) mass is 342 g/mol. The van der Waals surface area contributed by atoms with Crippen LogP contribution in [-0.2, 0) is 4.79 Å². The Labute approximate surface area is 151 Å². The average molecular weight is 342 g/mol. The molecule has 1 N–H and O–H groups in total. The van der Waals surface area contributed by atoms with Crippen LogP contribution in [0.3, 0.4) is 0 Å². The van der Waals surface area contributed by atoms with Crippen LogP contribution in [0.2, 0.25) is 0 Å². The number of carbonyl (C=O) groups is 1. The van der Waals surface area contributed by atoms with E-state index in [1.54, 1.807) is 0 Å². The molecule has 5 heteroatoms. The fourth-order valence-corrected chi connectivity index (χ4v) is 4.71. The second kappa shape index (κ2) is 7.44. The summed E-state index contributed by atoms with van der Waals surface area (Å²) in [5.74, 6) is 0.326. The summed E-state index contributed by atoms with van der Waals surface area (Å²) in [4.78, 5) is 20.7. The number of amides is 1. The first-order valence-electron chi connectivity index (χ1n) is 9.74. The molecule has 1 aromatic rings. The summed E-state index contributed by atoms with van der Waals surface area (Å²) in [5, 5.41) is 3.51. The van der Waals surface area contributed by atoms with E-state index < -0.39 is 0 Å². The van der Waals surface area contributed by atoms with Crippen molar-refractivity contribution >= 4 is 5.91 Å². The number of fused-ring (bicyclic) bond motifs is 2. The van der Waals surface area contributed by atoms with Crippen molar-refractivity contribution in [2.45, 2.75) is 37.4 Å². The van der Waals surface area contributed by atoms with Crippen molar-refractivity contribution in [2.75, 3.05) is 46.3 Å². The number of carbonyl (C=O) groups excluding carboxylic acids is 1. The Bertz CT molecular complexity index is 571. The number of hydrogen-bond donors (Lipinski definition) is 1. The SMILES string of the molecule is CN1CCN(C(C(=O)N2C3CCNCC2CC3)c2ccccc2)CC1. The maximum absolute atomic E-state index is 13.7. The average Bonchev–Trinajstić information content (AvgIpc) is 2.90. The summed E-state index contributed by atoms with van der Waals surface area (Å²) >= 11 is 0. The molecular formula is C20H30N4O. The van der Waals surface area contributed by atoms with Crippen molar-refractivity contribution in [1.82, 2.24) is 20.0 Å². The highest BCUT2D eigenvalue weighted by molar-refractivity contribution is 5.84. The summed E-state index contributed by atoms with van der Waals surface area (Å²) in [6, 6.07) is 11.1. The van der Waals surface area contributed by atoms with E-state index in [1.165, 1.54) is 6.42 Å². The standard InChI is InChI=1S/C20H30N4O/c1-22-11-13-23(14-12-22)19(16-5-3-2-4-6-16)20(25)24-17-7-8-18(24)15-21-10-9-17/h2-6,17-19,21H,7-15H2,1H3. The second-order valence-corrected chi connectivity index (χ2v) is 7.78. The first-order valence-corrected chi connectivity index (χ1v) is 9.74. The minimum atomic E-state index is -0.129. The Morgan fingerprint density at radius 2 is 1.76 bits per heavy atom. The van der Waals surface area contributed by atoms with E-state index >= 15 is 0 Å². The van der Waals surface area contributed by atoms with Gasteiger partial charge in [-0.25, -0.2) is 0 Å². The highest BCUT2D eigenvalue weighted by Gasteiger charge is 2.42. The van der Waals surface area contributed by atoms with Crippen LogP contribution in [0.4, 0.5) is 0 Å². The fourth-order valence-electron chi connectivity index (χ4n) is 4.71. The molecule has 3 heterocycles. The zero-order chi connectivity index (χ0) is 17.2. The summed E-state index contributed by atoms with van der Waals surface area (Å²) in [6.45, 7) is 5.98. The highest BCUT2D eigenvalue weighted by atomic mass is 16.2. The van der Waals surface area contributed by atoms with E-state index in [2.05, 4.69) is 51.3 Å². The third kappa shape index (κ3) is 3.46. The molecule has 1 aromatic carbocycles. The predicted octanol–water partition coefficient (Wildman–Crippen LogP) is 1.33. The maximum atomic E-state index is 13.7. The molecule has 3 unspecified atom stereocenters. The van der Waals surface area contributed by atoms with E-state index in [4.69, 9.17) is 0 Å². The van der Waals surface area contributed by atoms with Crippen LogP contribution >= 0.6 is 0 Å². The van der Waals surface area contributed by atoms with Gasteiger partial charge in [0.15, 0.2) is 0 Å². The lowest BCUT2D eigenvalue weighted by atomic mass is 10.0. The smallest absolute Gasteiger partial charge is 0.245 e. The van der Waals surface area contributed by atoms with Crippen LogP contribution in [0.5, 0.6) is 0 Å². The van der Waals surface area contributed by atoms with Gasteiger partial charge in [0.05, 0.1) is 0 Å². The Morgan fingerprint density at radius 1 is 1.04 bits per heavy atom. The Kier molecular flexibility index (Phi) is 5.06. The number of piperazine rings is 1. The molecule has 0 aromatic heterocycles. The molecule has 25 heavy (non-hydrogen) atoms. The molecule has 3 fully saturated rings. The Morgan fingerprint density at radius 3 is 2.52 bits per heavy atom. The first-order chi connectivity index (χ1) is 12.2. The van der Waals surface area contributed by atoms with Crippen LogP contribution in [0.25, 0.3) is 0 Å². The lowest BCUT2D eigenvalue weighted by Crippen LogP contribution is -2.53. The molecule has 5 nitrogen and oxygen atoms in total. The van der Waals surface area contributed by atoms with Crippen LogP contribution in [0, 0.1) is 0 Å². The molecule has 4 rings (SSSR count). The van der Waals surface area contributed by atoms with Gasteiger partial charge >= 0.3 is 0 Å². The van der Waals surface area contributed by atoms with Gasteiger partial charge in [-0.15, -0.1) is 0 Å². The normalized spacial score (nSPS) is 29.4. The lowest BCUT2D eigenvalue weighted by molar-refractivity contribution is -0.140. The lowest BCUT2D eigenvalue weighted by Gasteiger charge is -2.40. The van der Waals surface area contributed by atoms with Crippen molar-refractivity contribution in [3.63, 3.8) is 0 Å². The van der Waals surface area contributed by atoms with E-state index in [0.29, 0.717) is 18.0 Å². The van der Waals surface area contributed by atoms with Gasteiger partial charge in [0.25, 0.3) is 0 Å². The molecule has 3 aliphatic heterocycles. The van der Waals surface area contributed by atoms with Gasteiger partial charge in [-0.1, -0.05) is 30.3 Å². The van der Waals surface area contributed by atoms with E-state index in [1.807, 2.05) is 6.07 Å². The molecule has 1 amide bonds. The zero-order valence-electron chi connectivity index (χ0n) is 15.2. The molecule has 3 saturated heterocycles. The molecular weight excluding hydrogens is 312 g/mol. The first kappa shape index (κ1) is 17.0. The molecule has 0 saturated carbocycles. The summed E-state index contributed by atoms with van der Waals surface area (Å²) in [6.07, 6.45) is 3.41. The van der Waals surface area contributed by atoms with Crippen LogP contribution < -0.4 is 5.32 Å². The molecule has 0 aliphatic carbocycles. The molecule has 2 bridgehead atoms. The van der Waals surface area contributed by atoms with Crippen molar-refractivity contribution < 1.29 is 4.79 Å². The van der Waals surface area contributed by atoms with Gasteiger partial charge in [0.2, 0.25) is 5.91 Å². The minimum absolute atomic E-state index is 0.129.